The van der Waals surface area contributed by atoms with Crippen LogP contribution < -0.4 is 5.56 Å². The number of carboxylic acids is 1. The van der Waals surface area contributed by atoms with Gasteiger partial charge in [0.1, 0.15) is 11.5 Å². The molecule has 1 saturated heterocycles. The van der Waals surface area contributed by atoms with Gasteiger partial charge in [-0.15, -0.1) is 0 Å². The molecule has 1 aromatic carbocycles. The highest BCUT2D eigenvalue weighted by atomic mass is 19.1. The largest absolute Gasteiger partial charge is 0.481 e. The number of rotatable bonds is 3. The van der Waals surface area contributed by atoms with Crippen molar-refractivity contribution in [1.82, 2.24) is 14.7 Å². The first kappa shape index (κ1) is 16.8. The normalized spacial score (nSPS) is 19.8. The van der Waals surface area contributed by atoms with Gasteiger partial charge in [0.25, 0.3) is 11.5 Å². The second-order valence-electron chi connectivity index (χ2n) is 6.29. The van der Waals surface area contributed by atoms with E-state index < -0.39 is 28.7 Å². The van der Waals surface area contributed by atoms with E-state index in [-0.39, 0.29) is 12.2 Å². The van der Waals surface area contributed by atoms with Crippen LogP contribution in [0.2, 0.25) is 0 Å². The molecule has 0 unspecified atom stereocenters. The fourth-order valence-electron chi connectivity index (χ4n) is 2.76. The maximum absolute atomic E-state index is 13.0. The topological polar surface area (TPSA) is 92.5 Å². The number of benzene rings is 1. The van der Waals surface area contributed by atoms with Crippen molar-refractivity contribution in [2.45, 2.75) is 13.3 Å². The standard InChI is InChI=1S/C17H16FN3O4/c1-17(16(24)25)8-9-20(10-17)15(23)13-6-7-14(22)21(19-13)12-4-2-11(18)3-5-12/h2-7H,8-10H2,1H3,(H,24,25)/t17-/m0/s1. The molecule has 1 aliphatic rings. The predicted octanol–water partition coefficient (Wildman–Crippen LogP) is 1.31. The minimum absolute atomic E-state index is 0.0264. The SMILES string of the molecule is C[C@]1(C(=O)O)CCN(C(=O)c2ccc(=O)n(-c3ccc(F)cc3)n2)C1. The van der Waals surface area contributed by atoms with Crippen LogP contribution in [0.1, 0.15) is 23.8 Å². The number of hydrogen-bond donors (Lipinski definition) is 1. The minimum Gasteiger partial charge on any atom is -0.481 e. The van der Waals surface area contributed by atoms with Crippen LogP contribution in [0, 0.1) is 11.2 Å². The van der Waals surface area contributed by atoms with Crippen molar-refractivity contribution in [3.63, 3.8) is 0 Å². The van der Waals surface area contributed by atoms with E-state index in [2.05, 4.69) is 5.10 Å². The highest BCUT2D eigenvalue weighted by molar-refractivity contribution is 5.93. The molecular weight excluding hydrogens is 329 g/mol. The van der Waals surface area contributed by atoms with Crippen molar-refractivity contribution in [2.24, 2.45) is 5.41 Å². The van der Waals surface area contributed by atoms with E-state index in [1.54, 1.807) is 6.92 Å². The second-order valence-corrected chi connectivity index (χ2v) is 6.29. The van der Waals surface area contributed by atoms with Gasteiger partial charge in [-0.1, -0.05) is 0 Å². The third kappa shape index (κ3) is 3.15. The Bertz CT molecular complexity index is 894. The molecule has 1 aliphatic heterocycles. The van der Waals surface area contributed by atoms with Crippen LogP contribution in [0.4, 0.5) is 4.39 Å². The Balaban J connectivity index is 1.90. The Kier molecular flexibility index (Phi) is 4.12. The van der Waals surface area contributed by atoms with Crippen molar-refractivity contribution in [1.29, 1.82) is 0 Å². The van der Waals surface area contributed by atoms with E-state index in [1.165, 1.54) is 41.3 Å². The summed E-state index contributed by atoms with van der Waals surface area (Å²) in [6.45, 7) is 1.98. The molecule has 0 spiro atoms. The van der Waals surface area contributed by atoms with E-state index in [0.29, 0.717) is 18.7 Å². The average Bonchev–Trinajstić information content (AvgIpc) is 2.99. The third-order valence-electron chi connectivity index (χ3n) is 4.37. The van der Waals surface area contributed by atoms with Crippen molar-refractivity contribution in [3.8, 4) is 5.69 Å². The lowest BCUT2D eigenvalue weighted by atomic mass is 9.90. The van der Waals surface area contributed by atoms with Gasteiger partial charge in [-0.05, 0) is 43.7 Å². The van der Waals surface area contributed by atoms with Crippen molar-refractivity contribution in [3.05, 3.63) is 58.3 Å². The van der Waals surface area contributed by atoms with Crippen LogP contribution in [0.3, 0.4) is 0 Å². The maximum Gasteiger partial charge on any atom is 0.311 e. The van der Waals surface area contributed by atoms with Gasteiger partial charge in [0, 0.05) is 19.2 Å². The number of likely N-dealkylation sites (tertiary alicyclic amines) is 1. The zero-order valence-electron chi connectivity index (χ0n) is 13.5. The van der Waals surface area contributed by atoms with Gasteiger partial charge >= 0.3 is 5.97 Å². The van der Waals surface area contributed by atoms with Gasteiger partial charge in [-0.3, -0.25) is 14.4 Å². The molecule has 0 saturated carbocycles. The molecule has 130 valence electrons. The second kappa shape index (κ2) is 6.12. The van der Waals surface area contributed by atoms with Gasteiger partial charge in [0.2, 0.25) is 0 Å². The first-order valence-electron chi connectivity index (χ1n) is 7.69. The van der Waals surface area contributed by atoms with Crippen LogP contribution in [0.25, 0.3) is 5.69 Å². The van der Waals surface area contributed by atoms with Crippen molar-refractivity contribution >= 4 is 11.9 Å². The summed E-state index contributed by atoms with van der Waals surface area (Å²) in [6, 6.07) is 7.66. The van der Waals surface area contributed by atoms with Crippen LogP contribution >= 0.6 is 0 Å². The Labute approximate surface area is 142 Å². The average molecular weight is 345 g/mol. The molecule has 1 atom stereocenters. The molecule has 3 rings (SSSR count). The quantitative estimate of drug-likeness (QED) is 0.905. The van der Waals surface area contributed by atoms with Gasteiger partial charge in [-0.25, -0.2) is 4.39 Å². The number of hydrogen-bond acceptors (Lipinski definition) is 4. The lowest BCUT2D eigenvalue weighted by molar-refractivity contribution is -0.147. The van der Waals surface area contributed by atoms with Gasteiger partial charge < -0.3 is 10.0 Å². The molecule has 0 radical (unpaired) electrons. The van der Waals surface area contributed by atoms with E-state index in [1.807, 2.05) is 0 Å². The van der Waals surface area contributed by atoms with Gasteiger partial charge in [-0.2, -0.15) is 9.78 Å². The van der Waals surface area contributed by atoms with Crippen molar-refractivity contribution in [2.75, 3.05) is 13.1 Å². The maximum atomic E-state index is 13.0. The number of halogens is 1. The molecule has 8 heteroatoms. The summed E-state index contributed by atoms with van der Waals surface area (Å²) >= 11 is 0. The van der Waals surface area contributed by atoms with E-state index in [9.17, 15) is 23.9 Å². The summed E-state index contributed by atoms with van der Waals surface area (Å²) in [7, 11) is 0. The number of aromatic nitrogens is 2. The number of aliphatic carboxylic acids is 1. The van der Waals surface area contributed by atoms with E-state index in [4.69, 9.17) is 0 Å². The highest BCUT2D eigenvalue weighted by Crippen LogP contribution is 2.30. The van der Waals surface area contributed by atoms with Crippen LogP contribution in [-0.4, -0.2) is 44.8 Å². The highest BCUT2D eigenvalue weighted by Gasteiger charge is 2.42. The number of carboxylic acid groups (broad SMARTS) is 1. The number of carbonyl (C=O) groups is 2. The Morgan fingerprint density at radius 3 is 2.48 bits per heavy atom. The summed E-state index contributed by atoms with van der Waals surface area (Å²) in [4.78, 5) is 37.3. The van der Waals surface area contributed by atoms with Crippen LogP contribution in [0.15, 0.2) is 41.2 Å². The predicted molar refractivity (Wildman–Crippen MR) is 86.1 cm³/mol. The fraction of sp³-hybridized carbons (Fsp3) is 0.294. The van der Waals surface area contributed by atoms with Gasteiger partial charge in [0.15, 0.2) is 0 Å². The first-order chi connectivity index (χ1) is 11.8. The molecule has 1 amide bonds. The smallest absolute Gasteiger partial charge is 0.311 e. The molecule has 1 fully saturated rings. The minimum atomic E-state index is -0.985. The summed E-state index contributed by atoms with van der Waals surface area (Å²) in [6.07, 6.45) is 0.353. The van der Waals surface area contributed by atoms with Gasteiger partial charge in [0.05, 0.1) is 11.1 Å². The molecule has 2 aromatic rings. The molecule has 1 aromatic heterocycles. The molecule has 1 N–H and O–H groups in total. The Morgan fingerprint density at radius 1 is 1.20 bits per heavy atom. The monoisotopic (exact) mass is 345 g/mol. The summed E-state index contributed by atoms with van der Waals surface area (Å²) in [5.41, 5.74) is -1.09. The van der Waals surface area contributed by atoms with Crippen LogP contribution in [-0.2, 0) is 4.79 Å². The lowest BCUT2D eigenvalue weighted by Crippen LogP contribution is -2.36. The Hall–Kier alpha value is -3.03. The lowest BCUT2D eigenvalue weighted by Gasteiger charge is -2.20. The van der Waals surface area contributed by atoms with Crippen molar-refractivity contribution < 1.29 is 19.1 Å². The molecule has 0 aliphatic carbocycles. The molecule has 0 bridgehead atoms. The third-order valence-corrected chi connectivity index (χ3v) is 4.37. The molecule has 2 heterocycles. The summed E-state index contributed by atoms with van der Waals surface area (Å²) < 4.78 is 14.0. The van der Waals surface area contributed by atoms with E-state index >= 15 is 0 Å². The van der Waals surface area contributed by atoms with Crippen LogP contribution in [0.5, 0.6) is 0 Å². The zero-order valence-corrected chi connectivity index (χ0v) is 13.5. The molecule has 25 heavy (non-hydrogen) atoms. The first-order valence-corrected chi connectivity index (χ1v) is 7.69. The summed E-state index contributed by atoms with van der Waals surface area (Å²) in [5.74, 6) is -1.85. The molecule has 7 nitrogen and oxygen atoms in total. The van der Waals surface area contributed by atoms with E-state index in [0.717, 1.165) is 4.68 Å². The number of carbonyl (C=O) groups excluding carboxylic acids is 1. The number of amides is 1. The number of nitrogens with zero attached hydrogens (tertiary/aromatic N) is 3. The zero-order chi connectivity index (χ0) is 18.2. The fourth-order valence-corrected chi connectivity index (χ4v) is 2.76. The summed E-state index contributed by atoms with van der Waals surface area (Å²) in [5, 5.41) is 13.3. The Morgan fingerprint density at radius 2 is 1.88 bits per heavy atom. The molecular formula is C17H16FN3O4.